The summed E-state index contributed by atoms with van der Waals surface area (Å²) >= 11 is 0. The van der Waals surface area contributed by atoms with E-state index >= 15 is 0 Å². The third kappa shape index (κ3) is 4.23. The van der Waals surface area contributed by atoms with E-state index in [1.807, 2.05) is 26.0 Å². The average molecular weight is 195 g/mol. The Morgan fingerprint density at radius 1 is 1.57 bits per heavy atom. The number of rotatable bonds is 6. The van der Waals surface area contributed by atoms with E-state index in [1.54, 1.807) is 6.26 Å². The number of ketones is 1. The van der Waals surface area contributed by atoms with E-state index in [2.05, 4.69) is 5.32 Å². The molecular formula is C11H17NO2. The van der Waals surface area contributed by atoms with Gasteiger partial charge in [0.1, 0.15) is 11.5 Å². The molecular weight excluding hydrogens is 178 g/mol. The molecule has 0 radical (unpaired) electrons. The number of nitrogens with one attached hydrogen (secondary N) is 1. The van der Waals surface area contributed by atoms with Gasteiger partial charge in [0.25, 0.3) is 0 Å². The second-order valence-corrected chi connectivity index (χ2v) is 3.65. The highest BCUT2D eigenvalue weighted by atomic mass is 16.3. The van der Waals surface area contributed by atoms with Crippen LogP contribution in [0.5, 0.6) is 0 Å². The van der Waals surface area contributed by atoms with E-state index in [-0.39, 0.29) is 5.78 Å². The smallest absolute Gasteiger partial charge is 0.147 e. The monoisotopic (exact) mass is 195 g/mol. The lowest BCUT2D eigenvalue weighted by molar-refractivity contribution is -0.118. The molecule has 0 amide bonds. The van der Waals surface area contributed by atoms with Gasteiger partial charge in [0, 0.05) is 18.9 Å². The first-order valence-corrected chi connectivity index (χ1v) is 4.96. The molecule has 3 heteroatoms. The lowest BCUT2D eigenvalue weighted by atomic mass is 10.2. The van der Waals surface area contributed by atoms with E-state index in [9.17, 15) is 4.79 Å². The van der Waals surface area contributed by atoms with E-state index in [4.69, 9.17) is 4.42 Å². The van der Waals surface area contributed by atoms with Crippen LogP contribution in [-0.4, -0.2) is 18.4 Å². The third-order valence-electron chi connectivity index (χ3n) is 1.94. The van der Waals surface area contributed by atoms with Gasteiger partial charge in [0.15, 0.2) is 0 Å². The van der Waals surface area contributed by atoms with Crippen LogP contribution in [0.3, 0.4) is 0 Å². The van der Waals surface area contributed by atoms with Crippen LogP contribution in [0.2, 0.25) is 0 Å². The lowest BCUT2D eigenvalue weighted by Gasteiger charge is -2.06. The molecule has 0 spiro atoms. The minimum Gasteiger partial charge on any atom is -0.469 e. The molecule has 0 atom stereocenters. The summed E-state index contributed by atoms with van der Waals surface area (Å²) < 4.78 is 5.14. The number of hydrogen-bond donors (Lipinski definition) is 1. The van der Waals surface area contributed by atoms with E-state index in [0.29, 0.717) is 25.4 Å². The van der Waals surface area contributed by atoms with Crippen LogP contribution in [0.4, 0.5) is 0 Å². The van der Waals surface area contributed by atoms with Crippen molar-refractivity contribution in [1.29, 1.82) is 0 Å². The Labute approximate surface area is 84.5 Å². The van der Waals surface area contributed by atoms with Gasteiger partial charge in [-0.15, -0.1) is 0 Å². The van der Waals surface area contributed by atoms with Crippen molar-refractivity contribution >= 4 is 5.78 Å². The van der Waals surface area contributed by atoms with Crippen LogP contribution in [0.1, 0.15) is 26.0 Å². The quantitative estimate of drug-likeness (QED) is 0.752. The standard InChI is InChI=1S/C11H17NO2/c1-9(2)12-8-10(13)5-6-11-4-3-7-14-11/h3-4,7,9,12H,5-6,8H2,1-2H3. The van der Waals surface area contributed by atoms with Gasteiger partial charge in [0.2, 0.25) is 0 Å². The molecule has 0 saturated carbocycles. The summed E-state index contributed by atoms with van der Waals surface area (Å²) in [6.07, 6.45) is 2.88. The van der Waals surface area contributed by atoms with Crippen molar-refractivity contribution in [2.24, 2.45) is 0 Å². The normalized spacial score (nSPS) is 10.8. The van der Waals surface area contributed by atoms with Gasteiger partial charge in [-0.2, -0.15) is 0 Å². The zero-order valence-corrected chi connectivity index (χ0v) is 8.75. The molecule has 0 aromatic carbocycles. The van der Waals surface area contributed by atoms with Crippen molar-refractivity contribution in [1.82, 2.24) is 5.32 Å². The van der Waals surface area contributed by atoms with Crippen LogP contribution in [-0.2, 0) is 11.2 Å². The Kier molecular flexibility index (Phi) is 4.40. The maximum Gasteiger partial charge on any atom is 0.147 e. The number of carbonyl (C=O) groups is 1. The SMILES string of the molecule is CC(C)NCC(=O)CCc1ccco1. The minimum atomic E-state index is 0.232. The summed E-state index contributed by atoms with van der Waals surface area (Å²) in [5, 5.41) is 3.10. The predicted octanol–water partition coefficient (Wildman–Crippen LogP) is 1.78. The predicted molar refractivity (Wildman–Crippen MR) is 55.2 cm³/mol. The zero-order chi connectivity index (χ0) is 10.4. The van der Waals surface area contributed by atoms with Crippen LogP contribution < -0.4 is 5.32 Å². The number of hydrogen-bond acceptors (Lipinski definition) is 3. The van der Waals surface area contributed by atoms with Gasteiger partial charge >= 0.3 is 0 Å². The summed E-state index contributed by atoms with van der Waals surface area (Å²) in [6.45, 7) is 4.51. The molecule has 0 aliphatic heterocycles. The molecule has 0 bridgehead atoms. The molecule has 0 aliphatic rings. The largest absolute Gasteiger partial charge is 0.469 e. The summed E-state index contributed by atoms with van der Waals surface area (Å²) in [7, 11) is 0. The highest BCUT2D eigenvalue weighted by Gasteiger charge is 2.04. The Morgan fingerprint density at radius 3 is 2.93 bits per heavy atom. The van der Waals surface area contributed by atoms with Crippen molar-refractivity contribution in [2.75, 3.05) is 6.54 Å². The molecule has 3 nitrogen and oxygen atoms in total. The third-order valence-corrected chi connectivity index (χ3v) is 1.94. The summed E-state index contributed by atoms with van der Waals surface area (Å²) in [5.41, 5.74) is 0. The fourth-order valence-electron chi connectivity index (χ4n) is 1.12. The first kappa shape index (κ1) is 11.0. The van der Waals surface area contributed by atoms with Crippen molar-refractivity contribution in [2.45, 2.75) is 32.7 Å². The Hall–Kier alpha value is -1.09. The van der Waals surface area contributed by atoms with Crippen molar-refractivity contribution in [3.63, 3.8) is 0 Å². The zero-order valence-electron chi connectivity index (χ0n) is 8.75. The van der Waals surface area contributed by atoms with E-state index in [1.165, 1.54) is 0 Å². The molecule has 78 valence electrons. The van der Waals surface area contributed by atoms with E-state index in [0.717, 1.165) is 5.76 Å². The van der Waals surface area contributed by atoms with E-state index < -0.39 is 0 Å². The van der Waals surface area contributed by atoms with Crippen LogP contribution >= 0.6 is 0 Å². The number of carbonyl (C=O) groups excluding carboxylic acids is 1. The fraction of sp³-hybridized carbons (Fsp3) is 0.545. The maximum atomic E-state index is 11.3. The van der Waals surface area contributed by atoms with Crippen molar-refractivity contribution in [3.05, 3.63) is 24.2 Å². The lowest BCUT2D eigenvalue weighted by Crippen LogP contribution is -2.29. The molecule has 1 aromatic rings. The highest BCUT2D eigenvalue weighted by Crippen LogP contribution is 2.03. The second-order valence-electron chi connectivity index (χ2n) is 3.65. The van der Waals surface area contributed by atoms with Crippen LogP contribution in [0.15, 0.2) is 22.8 Å². The van der Waals surface area contributed by atoms with Gasteiger partial charge in [-0.3, -0.25) is 4.79 Å². The first-order chi connectivity index (χ1) is 6.68. The molecule has 0 fully saturated rings. The van der Waals surface area contributed by atoms with Gasteiger partial charge < -0.3 is 9.73 Å². The Morgan fingerprint density at radius 2 is 2.36 bits per heavy atom. The molecule has 1 N–H and O–H groups in total. The fourth-order valence-corrected chi connectivity index (χ4v) is 1.12. The number of Topliss-reactive ketones (excluding diaryl/α,β-unsaturated/α-hetero) is 1. The topological polar surface area (TPSA) is 42.2 Å². The van der Waals surface area contributed by atoms with Crippen molar-refractivity contribution < 1.29 is 9.21 Å². The molecule has 1 rings (SSSR count). The number of aryl methyl sites for hydroxylation is 1. The maximum absolute atomic E-state index is 11.3. The molecule has 1 heterocycles. The van der Waals surface area contributed by atoms with Crippen molar-refractivity contribution in [3.8, 4) is 0 Å². The molecule has 0 aliphatic carbocycles. The summed E-state index contributed by atoms with van der Waals surface area (Å²) in [6, 6.07) is 4.09. The molecule has 0 unspecified atom stereocenters. The van der Waals surface area contributed by atoms with Crippen LogP contribution in [0, 0.1) is 0 Å². The van der Waals surface area contributed by atoms with Gasteiger partial charge in [-0.05, 0) is 12.1 Å². The summed E-state index contributed by atoms with van der Waals surface area (Å²) in [4.78, 5) is 11.3. The second kappa shape index (κ2) is 5.60. The minimum absolute atomic E-state index is 0.232. The first-order valence-electron chi connectivity index (χ1n) is 4.96. The van der Waals surface area contributed by atoms with Gasteiger partial charge in [0.05, 0.1) is 12.8 Å². The van der Waals surface area contributed by atoms with Gasteiger partial charge in [-0.1, -0.05) is 13.8 Å². The molecule has 1 aromatic heterocycles. The average Bonchev–Trinajstić information content (AvgIpc) is 2.63. The summed E-state index contributed by atoms with van der Waals surface area (Å²) in [5.74, 6) is 1.11. The number of furan rings is 1. The molecule has 0 saturated heterocycles. The highest BCUT2D eigenvalue weighted by molar-refractivity contribution is 5.80. The molecule has 14 heavy (non-hydrogen) atoms. The Bertz CT molecular complexity index is 265. The van der Waals surface area contributed by atoms with Gasteiger partial charge in [-0.25, -0.2) is 0 Å². The Balaban J connectivity index is 2.15. The van der Waals surface area contributed by atoms with Crippen LogP contribution in [0.25, 0.3) is 0 Å².